The number of fused-ring (bicyclic) bond motifs is 6. The summed E-state index contributed by atoms with van der Waals surface area (Å²) in [7, 11) is 0. The lowest BCUT2D eigenvalue weighted by molar-refractivity contribution is 0.983. The van der Waals surface area contributed by atoms with Gasteiger partial charge in [-0.15, -0.1) is 6.58 Å². The zero-order valence-electron chi connectivity index (χ0n) is 26.0. The van der Waals surface area contributed by atoms with E-state index in [9.17, 15) is 10.5 Å². The molecule has 4 nitrogen and oxygen atoms in total. The molecule has 0 fully saturated rings. The minimum Gasteiger partial charge on any atom is -0.311 e. The molecule has 1 aliphatic heterocycles. The van der Waals surface area contributed by atoms with Crippen molar-refractivity contribution in [3.8, 4) is 29.0 Å². The molecule has 2 heterocycles. The molecule has 8 rings (SSSR count). The Morgan fingerprint density at radius 3 is 2.45 bits per heavy atom. The largest absolute Gasteiger partial charge is 0.311 e. The average molecular weight is 603 g/mol. The molecule has 47 heavy (non-hydrogen) atoms. The first-order valence-electron chi connectivity index (χ1n) is 15.8. The smallest absolute Gasteiger partial charge is 0.104 e. The predicted molar refractivity (Wildman–Crippen MR) is 192 cm³/mol. The normalized spacial score (nSPS) is 14.7. The van der Waals surface area contributed by atoms with Crippen molar-refractivity contribution in [2.24, 2.45) is 0 Å². The number of aryl methyl sites for hydroxylation is 1. The molecular weight excluding hydrogens is 573 g/mol. The summed E-state index contributed by atoms with van der Waals surface area (Å²) in [6.45, 7) is 6.30. The first kappa shape index (κ1) is 28.1. The maximum atomic E-state index is 11.1. The molecule has 6 aromatic rings. The van der Waals surface area contributed by atoms with Crippen molar-refractivity contribution in [2.45, 2.75) is 19.3 Å². The minimum atomic E-state index is 0.120. The molecule has 4 heteroatoms. The van der Waals surface area contributed by atoms with Crippen molar-refractivity contribution in [3.05, 3.63) is 174 Å². The quantitative estimate of drug-likeness (QED) is 0.185. The van der Waals surface area contributed by atoms with Crippen LogP contribution in [0.25, 0.3) is 38.5 Å². The van der Waals surface area contributed by atoms with E-state index in [4.69, 9.17) is 0 Å². The lowest BCUT2D eigenvalue weighted by Gasteiger charge is -2.34. The van der Waals surface area contributed by atoms with Crippen molar-refractivity contribution < 1.29 is 0 Å². The third-order valence-corrected chi connectivity index (χ3v) is 9.37. The Morgan fingerprint density at radius 2 is 1.62 bits per heavy atom. The van der Waals surface area contributed by atoms with Crippen molar-refractivity contribution in [2.75, 3.05) is 4.90 Å². The highest BCUT2D eigenvalue weighted by molar-refractivity contribution is 6.16. The van der Waals surface area contributed by atoms with Gasteiger partial charge in [-0.05, 0) is 70.8 Å². The number of benzene rings is 5. The number of anilines is 2. The fourth-order valence-corrected chi connectivity index (χ4v) is 7.36. The maximum Gasteiger partial charge on any atom is 0.104 e. The summed E-state index contributed by atoms with van der Waals surface area (Å²) in [5.41, 5.74) is 10.9. The highest BCUT2D eigenvalue weighted by Crippen LogP contribution is 2.47. The molecule has 2 aliphatic rings. The van der Waals surface area contributed by atoms with Gasteiger partial charge in [0.2, 0.25) is 0 Å². The van der Waals surface area contributed by atoms with Crippen LogP contribution >= 0.6 is 0 Å². The van der Waals surface area contributed by atoms with Gasteiger partial charge in [-0.2, -0.15) is 10.5 Å². The topological polar surface area (TPSA) is 55.8 Å². The zero-order chi connectivity index (χ0) is 32.1. The molecular formula is C43H30N4. The molecule has 0 N–H and O–H groups in total. The zero-order valence-corrected chi connectivity index (χ0v) is 26.0. The van der Waals surface area contributed by atoms with Crippen LogP contribution in [-0.4, -0.2) is 4.57 Å². The third kappa shape index (κ3) is 4.35. The van der Waals surface area contributed by atoms with E-state index in [-0.39, 0.29) is 5.92 Å². The van der Waals surface area contributed by atoms with Gasteiger partial charge in [0.25, 0.3) is 0 Å². The van der Waals surface area contributed by atoms with Crippen LogP contribution in [0.4, 0.5) is 11.4 Å². The molecule has 0 saturated carbocycles. The number of nitriles is 2. The van der Waals surface area contributed by atoms with Gasteiger partial charge < -0.3 is 9.47 Å². The van der Waals surface area contributed by atoms with Crippen LogP contribution in [0.15, 0.2) is 146 Å². The molecule has 1 atom stereocenters. The molecule has 1 unspecified atom stereocenters. The van der Waals surface area contributed by atoms with E-state index in [2.05, 4.69) is 138 Å². The standard InChI is InChI=1S/C43H30N4/c1-3-12-38-42(33-17-8-4-13-28(33)2)43-35-19-9-6-14-30(35)21-22-39(43)47(38)41-24-29(26-44)23-40(36(41)27-45)46-32-16-7-5-15-31(25-32)34-18-10-11-20-37(34)46/h3-11,13-25,31H,1,12H2,2H3. The second-order valence-electron chi connectivity index (χ2n) is 12.0. The number of hydrogen-bond acceptors (Lipinski definition) is 3. The Labute approximate surface area is 274 Å². The summed E-state index contributed by atoms with van der Waals surface area (Å²) in [5.74, 6) is 0.120. The first-order chi connectivity index (χ1) is 23.1. The van der Waals surface area contributed by atoms with E-state index in [1.54, 1.807) is 0 Å². The molecule has 0 radical (unpaired) electrons. The molecule has 0 saturated heterocycles. The van der Waals surface area contributed by atoms with Gasteiger partial charge in [0.05, 0.1) is 34.2 Å². The van der Waals surface area contributed by atoms with Gasteiger partial charge in [-0.3, -0.25) is 0 Å². The van der Waals surface area contributed by atoms with Gasteiger partial charge in [0.15, 0.2) is 0 Å². The van der Waals surface area contributed by atoms with E-state index in [0.717, 1.165) is 61.0 Å². The monoisotopic (exact) mass is 602 g/mol. The van der Waals surface area contributed by atoms with Crippen molar-refractivity contribution in [1.82, 2.24) is 4.57 Å². The molecule has 0 amide bonds. The van der Waals surface area contributed by atoms with E-state index >= 15 is 0 Å². The van der Waals surface area contributed by atoms with Gasteiger partial charge in [-0.25, -0.2) is 0 Å². The summed E-state index contributed by atoms with van der Waals surface area (Å²) in [6.07, 6.45) is 13.1. The SMILES string of the molecule is C=CCc1c(-c2ccccc2C)c2c3ccccc3ccc2n1-c1cc(C#N)cc(N2C3=CC(C=CC=C3)c3ccccc32)c1C#N. The number of rotatable bonds is 5. The molecule has 1 aliphatic carbocycles. The molecule has 0 spiro atoms. The van der Waals surface area contributed by atoms with Crippen LogP contribution in [0.2, 0.25) is 0 Å². The number of hydrogen-bond donors (Lipinski definition) is 0. The lowest BCUT2D eigenvalue weighted by Crippen LogP contribution is -2.23. The maximum absolute atomic E-state index is 11.1. The fraction of sp³-hybridized carbons (Fsp3) is 0.0698. The minimum absolute atomic E-state index is 0.120. The van der Waals surface area contributed by atoms with E-state index in [1.807, 2.05) is 30.4 Å². The van der Waals surface area contributed by atoms with Crippen LogP contribution in [0, 0.1) is 29.6 Å². The summed E-state index contributed by atoms with van der Waals surface area (Å²) in [5, 5.41) is 24.9. The van der Waals surface area contributed by atoms with E-state index in [1.165, 1.54) is 0 Å². The predicted octanol–water partition coefficient (Wildman–Crippen LogP) is 10.5. The van der Waals surface area contributed by atoms with Crippen LogP contribution in [-0.2, 0) is 6.42 Å². The first-order valence-corrected chi connectivity index (χ1v) is 15.8. The average Bonchev–Trinajstić information content (AvgIpc) is 3.28. The second-order valence-corrected chi connectivity index (χ2v) is 12.0. The van der Waals surface area contributed by atoms with E-state index < -0.39 is 0 Å². The van der Waals surface area contributed by atoms with Gasteiger partial charge in [0, 0.05) is 34.7 Å². The molecule has 1 aromatic heterocycles. The second kappa shape index (κ2) is 11.2. The Kier molecular flexibility index (Phi) is 6.71. The highest BCUT2D eigenvalue weighted by Gasteiger charge is 2.30. The van der Waals surface area contributed by atoms with Crippen molar-refractivity contribution >= 4 is 33.1 Å². The fourth-order valence-electron chi connectivity index (χ4n) is 7.36. The summed E-state index contributed by atoms with van der Waals surface area (Å²) in [4.78, 5) is 2.13. The Hall–Kier alpha value is -6.36. The third-order valence-electron chi connectivity index (χ3n) is 9.37. The Bertz CT molecular complexity index is 2450. The van der Waals surface area contributed by atoms with Crippen LogP contribution in [0.3, 0.4) is 0 Å². The van der Waals surface area contributed by atoms with Crippen molar-refractivity contribution in [3.63, 3.8) is 0 Å². The van der Waals surface area contributed by atoms with Crippen molar-refractivity contribution in [1.29, 1.82) is 10.5 Å². The van der Waals surface area contributed by atoms with E-state index in [0.29, 0.717) is 28.9 Å². The summed E-state index contributed by atoms with van der Waals surface area (Å²) < 4.78 is 2.20. The molecule has 5 aromatic carbocycles. The van der Waals surface area contributed by atoms with Crippen LogP contribution < -0.4 is 4.90 Å². The Balaban J connectivity index is 1.51. The molecule has 222 valence electrons. The van der Waals surface area contributed by atoms with Gasteiger partial charge in [-0.1, -0.05) is 97.1 Å². The van der Waals surface area contributed by atoms with Crippen LogP contribution in [0.1, 0.15) is 33.9 Å². The van der Waals surface area contributed by atoms with Gasteiger partial charge >= 0.3 is 0 Å². The van der Waals surface area contributed by atoms with Gasteiger partial charge in [0.1, 0.15) is 11.6 Å². The Morgan fingerprint density at radius 1 is 0.830 bits per heavy atom. The lowest BCUT2D eigenvalue weighted by atomic mass is 9.91. The van der Waals surface area contributed by atoms with Crippen LogP contribution in [0.5, 0.6) is 0 Å². The number of para-hydroxylation sites is 1. The molecule has 2 bridgehead atoms. The highest BCUT2D eigenvalue weighted by atomic mass is 15.2. The number of aromatic nitrogens is 1. The number of allylic oxidation sites excluding steroid dienone is 6. The summed E-state index contributed by atoms with van der Waals surface area (Å²) >= 11 is 0. The number of nitrogens with zero attached hydrogens (tertiary/aromatic N) is 4. The summed E-state index contributed by atoms with van der Waals surface area (Å²) in [6, 6.07) is 38.2.